The summed E-state index contributed by atoms with van der Waals surface area (Å²) in [6.07, 6.45) is 3.43. The lowest BCUT2D eigenvalue weighted by atomic mass is 10.5. The van der Waals surface area contributed by atoms with E-state index < -0.39 is 0 Å². The van der Waals surface area contributed by atoms with E-state index in [1.54, 1.807) is 16.9 Å². The second-order valence-electron chi connectivity index (χ2n) is 2.59. The van der Waals surface area contributed by atoms with E-state index in [9.17, 15) is 0 Å². The summed E-state index contributed by atoms with van der Waals surface area (Å²) >= 11 is 5.64. The molecule has 0 saturated carbocycles. The van der Waals surface area contributed by atoms with Crippen LogP contribution >= 0.6 is 11.6 Å². The van der Waals surface area contributed by atoms with E-state index in [0.717, 1.165) is 5.69 Å². The Labute approximate surface area is 80.2 Å². The lowest BCUT2D eigenvalue weighted by Gasteiger charge is -1.98. The van der Waals surface area contributed by atoms with Gasteiger partial charge in [-0.1, -0.05) is 0 Å². The molecule has 66 valence electrons. The fourth-order valence-electron chi connectivity index (χ4n) is 0.996. The molecule has 0 aromatic carbocycles. The minimum atomic E-state index is 0.227. The molecular weight excluding hydrogens is 188 g/mol. The van der Waals surface area contributed by atoms with Crippen LogP contribution in [0.2, 0.25) is 5.28 Å². The third kappa shape index (κ3) is 1.67. The number of aromatic nitrogens is 4. The van der Waals surface area contributed by atoms with Crippen LogP contribution < -0.4 is 0 Å². The van der Waals surface area contributed by atoms with Crippen molar-refractivity contribution in [1.29, 1.82) is 0 Å². The molecule has 0 N–H and O–H groups in total. The van der Waals surface area contributed by atoms with Gasteiger partial charge in [-0.15, -0.1) is 0 Å². The number of hydrogen-bond acceptors (Lipinski definition) is 3. The lowest BCUT2D eigenvalue weighted by molar-refractivity contribution is 0.826. The molecular formula is C8H7ClN4. The quantitative estimate of drug-likeness (QED) is 0.648. The number of aryl methyl sites for hydroxylation is 1. The Morgan fingerprint density at radius 2 is 2.23 bits per heavy atom. The predicted octanol–water partition coefficient (Wildman–Crippen LogP) is 1.62. The van der Waals surface area contributed by atoms with Crippen molar-refractivity contribution in [2.24, 2.45) is 0 Å². The Morgan fingerprint density at radius 3 is 2.85 bits per heavy atom. The first kappa shape index (κ1) is 8.19. The van der Waals surface area contributed by atoms with Gasteiger partial charge in [-0.2, -0.15) is 10.1 Å². The highest BCUT2D eigenvalue weighted by Crippen LogP contribution is 2.06. The van der Waals surface area contributed by atoms with Crippen molar-refractivity contribution >= 4 is 11.6 Å². The minimum absolute atomic E-state index is 0.227. The Hall–Kier alpha value is -1.42. The Bertz CT molecular complexity index is 424. The molecule has 2 heterocycles. The molecule has 2 aromatic heterocycles. The van der Waals surface area contributed by atoms with Crippen LogP contribution in [0.15, 0.2) is 24.5 Å². The highest BCUT2D eigenvalue weighted by molar-refractivity contribution is 6.28. The molecule has 13 heavy (non-hydrogen) atoms. The van der Waals surface area contributed by atoms with Crippen LogP contribution in [-0.4, -0.2) is 19.7 Å². The highest BCUT2D eigenvalue weighted by Gasteiger charge is 1.99. The predicted molar refractivity (Wildman–Crippen MR) is 48.9 cm³/mol. The van der Waals surface area contributed by atoms with E-state index in [1.165, 1.54) is 0 Å². The molecule has 2 aromatic rings. The van der Waals surface area contributed by atoms with Gasteiger partial charge < -0.3 is 0 Å². The average Bonchev–Trinajstić information content (AvgIpc) is 2.52. The Balaban J connectivity index is 2.46. The van der Waals surface area contributed by atoms with Gasteiger partial charge in [0.25, 0.3) is 0 Å². The van der Waals surface area contributed by atoms with Crippen molar-refractivity contribution in [2.75, 3.05) is 0 Å². The summed E-state index contributed by atoms with van der Waals surface area (Å²) in [4.78, 5) is 7.80. The van der Waals surface area contributed by atoms with Crippen LogP contribution in [0, 0.1) is 6.92 Å². The van der Waals surface area contributed by atoms with Crippen molar-refractivity contribution in [3.63, 3.8) is 0 Å². The molecule has 0 aliphatic carbocycles. The molecule has 0 aliphatic heterocycles. The van der Waals surface area contributed by atoms with Crippen LogP contribution in [0.25, 0.3) is 5.82 Å². The van der Waals surface area contributed by atoms with Gasteiger partial charge in [-0.05, 0) is 24.6 Å². The van der Waals surface area contributed by atoms with Gasteiger partial charge >= 0.3 is 0 Å². The maximum atomic E-state index is 5.64. The van der Waals surface area contributed by atoms with Crippen LogP contribution in [0.1, 0.15) is 5.69 Å². The normalized spacial score (nSPS) is 10.3. The fraction of sp³-hybridized carbons (Fsp3) is 0.125. The van der Waals surface area contributed by atoms with Gasteiger partial charge in [-0.25, -0.2) is 9.67 Å². The second kappa shape index (κ2) is 3.14. The first-order chi connectivity index (χ1) is 6.25. The topological polar surface area (TPSA) is 43.6 Å². The van der Waals surface area contributed by atoms with Crippen molar-refractivity contribution < 1.29 is 0 Å². The summed E-state index contributed by atoms with van der Waals surface area (Å²) in [5.74, 6) is 0.674. The second-order valence-corrected chi connectivity index (χ2v) is 2.92. The molecule has 0 saturated heterocycles. The van der Waals surface area contributed by atoms with Gasteiger partial charge in [0.1, 0.15) is 0 Å². The third-order valence-electron chi connectivity index (χ3n) is 1.57. The summed E-state index contributed by atoms with van der Waals surface area (Å²) in [5.41, 5.74) is 0.940. The van der Waals surface area contributed by atoms with Crippen LogP contribution in [0.3, 0.4) is 0 Å². The number of rotatable bonds is 1. The highest BCUT2D eigenvalue weighted by atomic mass is 35.5. The van der Waals surface area contributed by atoms with Crippen LogP contribution in [0.4, 0.5) is 0 Å². The molecule has 0 radical (unpaired) electrons. The van der Waals surface area contributed by atoms with Gasteiger partial charge in [0.05, 0.1) is 5.69 Å². The van der Waals surface area contributed by atoms with Crippen LogP contribution in [-0.2, 0) is 0 Å². The molecule has 0 fully saturated rings. The van der Waals surface area contributed by atoms with Crippen molar-refractivity contribution in [1.82, 2.24) is 19.7 Å². The third-order valence-corrected chi connectivity index (χ3v) is 1.75. The molecule has 0 bridgehead atoms. The summed E-state index contributed by atoms with van der Waals surface area (Å²) in [6.45, 7) is 1.92. The minimum Gasteiger partial charge on any atom is -0.226 e. The summed E-state index contributed by atoms with van der Waals surface area (Å²) in [5, 5.41) is 4.42. The number of halogens is 1. The molecule has 0 spiro atoms. The maximum Gasteiger partial charge on any atom is 0.224 e. The smallest absolute Gasteiger partial charge is 0.224 e. The van der Waals surface area contributed by atoms with Gasteiger partial charge in [0, 0.05) is 18.5 Å². The fourth-order valence-corrected chi connectivity index (χ4v) is 1.14. The summed E-state index contributed by atoms with van der Waals surface area (Å²) in [7, 11) is 0. The van der Waals surface area contributed by atoms with Gasteiger partial charge in [-0.3, -0.25) is 0 Å². The van der Waals surface area contributed by atoms with E-state index >= 15 is 0 Å². The molecule has 4 nitrogen and oxygen atoms in total. The summed E-state index contributed by atoms with van der Waals surface area (Å²) < 4.78 is 1.66. The molecule has 0 unspecified atom stereocenters. The first-order valence-electron chi connectivity index (χ1n) is 3.77. The largest absolute Gasteiger partial charge is 0.226 e. The van der Waals surface area contributed by atoms with E-state index in [1.807, 2.05) is 19.2 Å². The van der Waals surface area contributed by atoms with Crippen molar-refractivity contribution in [3.8, 4) is 5.82 Å². The average molecular weight is 195 g/mol. The van der Waals surface area contributed by atoms with Gasteiger partial charge in [0.15, 0.2) is 5.82 Å². The van der Waals surface area contributed by atoms with Gasteiger partial charge in [0.2, 0.25) is 5.28 Å². The zero-order valence-electron chi connectivity index (χ0n) is 6.98. The number of nitrogens with zero attached hydrogens (tertiary/aromatic N) is 4. The summed E-state index contributed by atoms with van der Waals surface area (Å²) in [6, 6.07) is 3.65. The van der Waals surface area contributed by atoms with Crippen molar-refractivity contribution in [2.45, 2.75) is 6.92 Å². The van der Waals surface area contributed by atoms with E-state index in [4.69, 9.17) is 11.6 Å². The first-order valence-corrected chi connectivity index (χ1v) is 4.15. The zero-order chi connectivity index (χ0) is 9.26. The molecule has 0 aliphatic rings. The van der Waals surface area contributed by atoms with E-state index in [2.05, 4.69) is 15.1 Å². The maximum absolute atomic E-state index is 5.64. The Morgan fingerprint density at radius 1 is 1.38 bits per heavy atom. The molecule has 0 atom stereocenters. The Kier molecular flexibility index (Phi) is 1.98. The molecule has 5 heteroatoms. The monoisotopic (exact) mass is 194 g/mol. The number of hydrogen-bond donors (Lipinski definition) is 0. The van der Waals surface area contributed by atoms with E-state index in [0.29, 0.717) is 5.82 Å². The van der Waals surface area contributed by atoms with Crippen LogP contribution in [0.5, 0.6) is 0 Å². The lowest BCUT2D eigenvalue weighted by Crippen LogP contribution is -1.98. The molecule has 2 rings (SSSR count). The standard InChI is InChI=1S/C8H7ClN4/c1-6-3-5-13(12-6)7-2-4-10-8(9)11-7/h2-5H,1H3. The van der Waals surface area contributed by atoms with E-state index in [-0.39, 0.29) is 5.28 Å². The van der Waals surface area contributed by atoms with Crippen molar-refractivity contribution in [3.05, 3.63) is 35.5 Å². The zero-order valence-corrected chi connectivity index (χ0v) is 7.73. The molecule has 0 amide bonds. The SMILES string of the molecule is Cc1ccn(-c2ccnc(Cl)n2)n1.